The van der Waals surface area contributed by atoms with Crippen LogP contribution >= 0.6 is 15.9 Å². The number of nitrogens with one attached hydrogen (secondary N) is 1. The van der Waals surface area contributed by atoms with E-state index < -0.39 is 5.54 Å². The quantitative estimate of drug-likeness (QED) is 0.852. The van der Waals surface area contributed by atoms with Gasteiger partial charge in [0.15, 0.2) is 0 Å². The molecule has 1 atom stereocenters. The Morgan fingerprint density at radius 2 is 1.95 bits per heavy atom. The summed E-state index contributed by atoms with van der Waals surface area (Å²) in [5, 5.41) is 13.2. The molecule has 2 nitrogen and oxygen atoms in total. The van der Waals surface area contributed by atoms with Crippen molar-refractivity contribution >= 4 is 21.6 Å². The normalized spacial score (nSPS) is 13.8. The van der Waals surface area contributed by atoms with Crippen LogP contribution < -0.4 is 5.32 Å². The summed E-state index contributed by atoms with van der Waals surface area (Å²) < 4.78 is 14.4. The zero-order chi connectivity index (χ0) is 14.6. The number of halogens is 2. The van der Waals surface area contributed by atoms with E-state index >= 15 is 0 Å². The van der Waals surface area contributed by atoms with Crippen molar-refractivity contribution in [1.29, 1.82) is 0 Å². The number of benzene rings is 2. The molecule has 0 aliphatic carbocycles. The molecule has 0 amide bonds. The first-order valence-electron chi connectivity index (χ1n) is 6.51. The summed E-state index contributed by atoms with van der Waals surface area (Å²) >= 11 is 3.48. The van der Waals surface area contributed by atoms with E-state index in [0.29, 0.717) is 6.42 Å². The summed E-state index contributed by atoms with van der Waals surface area (Å²) in [5.41, 5.74) is 0.900. The Labute approximate surface area is 126 Å². The molecule has 0 spiro atoms. The highest BCUT2D eigenvalue weighted by atomic mass is 79.9. The maximum Gasteiger partial charge on any atom is 0.123 e. The Bertz CT molecular complexity index is 584. The van der Waals surface area contributed by atoms with E-state index in [2.05, 4.69) is 21.2 Å². The Morgan fingerprint density at radius 1 is 1.20 bits per heavy atom. The van der Waals surface area contributed by atoms with Crippen LogP contribution in [0.15, 0.2) is 53.0 Å². The minimum atomic E-state index is -0.702. The number of para-hydroxylation sites is 1. The van der Waals surface area contributed by atoms with Crippen LogP contribution in [0, 0.1) is 5.82 Å². The first kappa shape index (κ1) is 15.0. The van der Waals surface area contributed by atoms with Gasteiger partial charge in [0.25, 0.3) is 0 Å². The highest BCUT2D eigenvalue weighted by Crippen LogP contribution is 2.33. The van der Waals surface area contributed by atoms with Gasteiger partial charge in [-0.2, -0.15) is 0 Å². The summed E-state index contributed by atoms with van der Waals surface area (Å²) in [6, 6.07) is 14.0. The summed E-state index contributed by atoms with van der Waals surface area (Å²) in [4.78, 5) is 0. The lowest BCUT2D eigenvalue weighted by Gasteiger charge is -2.34. The van der Waals surface area contributed by atoms with Gasteiger partial charge in [0.2, 0.25) is 0 Å². The molecule has 0 aliphatic rings. The van der Waals surface area contributed by atoms with Gasteiger partial charge in [-0.15, -0.1) is 0 Å². The van der Waals surface area contributed by atoms with Gasteiger partial charge >= 0.3 is 0 Å². The molecule has 0 saturated carbocycles. The molecule has 0 saturated heterocycles. The van der Waals surface area contributed by atoms with Crippen LogP contribution in [0.1, 0.15) is 18.9 Å². The van der Waals surface area contributed by atoms with Gasteiger partial charge in [-0.1, -0.05) is 31.2 Å². The molecule has 2 aromatic carbocycles. The van der Waals surface area contributed by atoms with Crippen molar-refractivity contribution < 1.29 is 9.50 Å². The van der Waals surface area contributed by atoms with Gasteiger partial charge in [-0.05, 0) is 52.2 Å². The molecular formula is C16H17BrFNO. The van der Waals surface area contributed by atoms with Gasteiger partial charge in [0, 0.05) is 10.2 Å². The fourth-order valence-electron chi connectivity index (χ4n) is 2.21. The van der Waals surface area contributed by atoms with Crippen molar-refractivity contribution in [3.05, 3.63) is 64.4 Å². The first-order chi connectivity index (χ1) is 9.61. The van der Waals surface area contributed by atoms with E-state index in [9.17, 15) is 9.50 Å². The number of rotatable bonds is 5. The maximum atomic E-state index is 13.5. The van der Waals surface area contributed by atoms with Gasteiger partial charge < -0.3 is 10.4 Å². The van der Waals surface area contributed by atoms with Crippen LogP contribution in [0.4, 0.5) is 10.1 Å². The lowest BCUT2D eigenvalue weighted by Crippen LogP contribution is -2.38. The lowest BCUT2D eigenvalue weighted by atomic mass is 9.87. The molecule has 4 heteroatoms. The Hall–Kier alpha value is -1.39. The third-order valence-corrected chi connectivity index (χ3v) is 4.19. The fourth-order valence-corrected chi connectivity index (χ4v) is 2.60. The molecule has 0 aliphatic heterocycles. The molecule has 0 radical (unpaired) electrons. The molecule has 106 valence electrons. The largest absolute Gasteiger partial charge is 0.394 e. The maximum absolute atomic E-state index is 13.5. The smallest absolute Gasteiger partial charge is 0.123 e. The Balaban J connectivity index is 2.42. The minimum absolute atomic E-state index is 0.117. The van der Waals surface area contributed by atoms with Crippen LogP contribution in [-0.4, -0.2) is 11.7 Å². The lowest BCUT2D eigenvalue weighted by molar-refractivity contribution is 0.207. The number of hydrogen-bond acceptors (Lipinski definition) is 2. The van der Waals surface area contributed by atoms with Crippen LogP contribution in [0.5, 0.6) is 0 Å². The molecule has 2 N–H and O–H groups in total. The highest BCUT2D eigenvalue weighted by Gasteiger charge is 2.30. The SMILES string of the molecule is CCC(CO)(Nc1ccccc1Br)c1cccc(F)c1. The van der Waals surface area contributed by atoms with Crippen LogP contribution in [0.25, 0.3) is 0 Å². The first-order valence-corrected chi connectivity index (χ1v) is 7.30. The van der Waals surface area contributed by atoms with Crippen LogP contribution in [-0.2, 0) is 5.54 Å². The van der Waals surface area contributed by atoms with E-state index in [1.165, 1.54) is 12.1 Å². The van der Waals surface area contributed by atoms with Crippen LogP contribution in [0.2, 0.25) is 0 Å². The molecule has 0 heterocycles. The topological polar surface area (TPSA) is 32.3 Å². The zero-order valence-electron chi connectivity index (χ0n) is 11.2. The van der Waals surface area contributed by atoms with E-state index in [4.69, 9.17) is 0 Å². The zero-order valence-corrected chi connectivity index (χ0v) is 12.8. The van der Waals surface area contributed by atoms with Gasteiger partial charge in [0.1, 0.15) is 5.82 Å². The molecule has 2 aromatic rings. The fraction of sp³-hybridized carbons (Fsp3) is 0.250. The van der Waals surface area contributed by atoms with E-state index in [1.807, 2.05) is 37.3 Å². The third kappa shape index (κ3) is 3.02. The number of aliphatic hydroxyl groups excluding tert-OH is 1. The standard InChI is InChI=1S/C16H17BrFNO/c1-2-16(11-20,12-6-5-7-13(18)10-12)19-15-9-4-3-8-14(15)17/h3-10,19-20H,2,11H2,1H3. The third-order valence-electron chi connectivity index (χ3n) is 3.50. The van der Waals surface area contributed by atoms with Crippen molar-refractivity contribution in [2.24, 2.45) is 0 Å². The number of anilines is 1. The minimum Gasteiger partial charge on any atom is -0.394 e. The summed E-state index contributed by atoms with van der Waals surface area (Å²) in [7, 11) is 0. The Morgan fingerprint density at radius 3 is 2.55 bits per heavy atom. The second-order valence-electron chi connectivity index (χ2n) is 4.71. The highest BCUT2D eigenvalue weighted by molar-refractivity contribution is 9.10. The molecule has 20 heavy (non-hydrogen) atoms. The molecule has 0 aromatic heterocycles. The molecule has 0 bridgehead atoms. The monoisotopic (exact) mass is 337 g/mol. The number of aliphatic hydroxyl groups is 1. The van der Waals surface area contributed by atoms with Crippen molar-refractivity contribution in [1.82, 2.24) is 0 Å². The predicted molar refractivity (Wildman–Crippen MR) is 83.2 cm³/mol. The van der Waals surface area contributed by atoms with Crippen molar-refractivity contribution in [2.45, 2.75) is 18.9 Å². The van der Waals surface area contributed by atoms with Crippen molar-refractivity contribution in [3.63, 3.8) is 0 Å². The van der Waals surface area contributed by atoms with Crippen molar-refractivity contribution in [3.8, 4) is 0 Å². The van der Waals surface area contributed by atoms with Crippen LogP contribution in [0.3, 0.4) is 0 Å². The van der Waals surface area contributed by atoms with Gasteiger partial charge in [-0.25, -0.2) is 4.39 Å². The molecule has 1 unspecified atom stereocenters. The van der Waals surface area contributed by atoms with Gasteiger partial charge in [-0.3, -0.25) is 0 Å². The summed E-state index contributed by atoms with van der Waals surface area (Å²) in [6.07, 6.45) is 0.633. The Kier molecular flexibility index (Phi) is 4.78. The molecule has 0 fully saturated rings. The van der Waals surface area contributed by atoms with E-state index in [-0.39, 0.29) is 12.4 Å². The van der Waals surface area contributed by atoms with Gasteiger partial charge in [0.05, 0.1) is 12.1 Å². The second-order valence-corrected chi connectivity index (χ2v) is 5.56. The van der Waals surface area contributed by atoms with E-state index in [1.54, 1.807) is 6.07 Å². The second kappa shape index (κ2) is 6.37. The summed E-state index contributed by atoms with van der Waals surface area (Å²) in [6.45, 7) is 1.85. The molecular weight excluding hydrogens is 321 g/mol. The average Bonchev–Trinajstić information content (AvgIpc) is 2.47. The molecule has 2 rings (SSSR count). The average molecular weight is 338 g/mol. The summed E-state index contributed by atoms with van der Waals surface area (Å²) in [5.74, 6) is -0.303. The van der Waals surface area contributed by atoms with E-state index in [0.717, 1.165) is 15.7 Å². The van der Waals surface area contributed by atoms with Crippen molar-refractivity contribution in [2.75, 3.05) is 11.9 Å². The number of hydrogen-bond donors (Lipinski definition) is 2. The predicted octanol–water partition coefficient (Wildman–Crippen LogP) is 4.30.